The van der Waals surface area contributed by atoms with E-state index in [0.717, 1.165) is 0 Å². The van der Waals surface area contributed by atoms with E-state index in [2.05, 4.69) is 9.97 Å². The molecule has 0 aliphatic carbocycles. The summed E-state index contributed by atoms with van der Waals surface area (Å²) in [6.07, 6.45) is 7.96. The number of hydrogen-bond donors (Lipinski definition) is 1. The second kappa shape index (κ2) is 5.55. The normalized spacial score (nSPS) is 10.6. The Kier molecular flexibility index (Phi) is 4.28. The number of nitrogens with zero attached hydrogens (tertiary/aromatic N) is 2. The molecule has 13 heavy (non-hydrogen) atoms. The predicted octanol–water partition coefficient (Wildman–Crippen LogP) is 1.08. The minimum absolute atomic E-state index is 0.0379. The fourth-order valence-corrected chi connectivity index (χ4v) is 0.957. The van der Waals surface area contributed by atoms with Gasteiger partial charge in [0.25, 0.3) is 0 Å². The third kappa shape index (κ3) is 3.43. The first-order chi connectivity index (χ1) is 6.36. The molecule has 1 aromatic heterocycles. The third-order valence-corrected chi connectivity index (χ3v) is 1.77. The molecule has 0 fully saturated rings. The van der Waals surface area contributed by atoms with E-state index in [0.29, 0.717) is 10.9 Å². The average molecular weight is 198 g/mol. The van der Waals surface area contributed by atoms with Crippen molar-refractivity contribution in [1.29, 1.82) is 0 Å². The lowest BCUT2D eigenvalue weighted by Gasteiger charge is -1.98. The highest BCUT2D eigenvalue weighted by Gasteiger charge is 1.94. The van der Waals surface area contributed by atoms with Gasteiger partial charge in [-0.2, -0.15) is 0 Å². The van der Waals surface area contributed by atoms with Crippen molar-refractivity contribution in [3.63, 3.8) is 0 Å². The number of thioether (sulfide) groups is 1. The quantitative estimate of drug-likeness (QED) is 0.446. The van der Waals surface area contributed by atoms with E-state index in [-0.39, 0.29) is 6.61 Å². The summed E-state index contributed by atoms with van der Waals surface area (Å²) in [7, 11) is 0. The van der Waals surface area contributed by atoms with Crippen LogP contribution in [0.3, 0.4) is 0 Å². The molecule has 0 aliphatic heterocycles. The van der Waals surface area contributed by atoms with Crippen molar-refractivity contribution >= 4 is 11.8 Å². The predicted molar refractivity (Wildman–Crippen MR) is 50.7 cm³/mol. The molecule has 0 saturated carbocycles. The van der Waals surface area contributed by atoms with E-state index in [1.165, 1.54) is 24.1 Å². The molecule has 0 spiro atoms. The summed E-state index contributed by atoms with van der Waals surface area (Å²) in [6.45, 7) is -0.0379. The summed E-state index contributed by atoms with van der Waals surface area (Å²) in [5, 5.41) is 9.13. The molecule has 4 nitrogen and oxygen atoms in total. The summed E-state index contributed by atoms with van der Waals surface area (Å²) in [4.78, 5) is 8.01. The van der Waals surface area contributed by atoms with Crippen LogP contribution in [-0.2, 0) is 0 Å². The monoisotopic (exact) mass is 198 g/mol. The zero-order chi connectivity index (χ0) is 9.52. The molecule has 1 aromatic rings. The standard InChI is InChI=1S/C8H10N2O2S/c1-13-8-9-5-7(6-10-8)12-4-2-3-11/h2,4-6,11H,3H2,1H3. The van der Waals surface area contributed by atoms with Gasteiger partial charge in [-0.15, -0.1) is 0 Å². The summed E-state index contributed by atoms with van der Waals surface area (Å²) in [6, 6.07) is 0. The minimum atomic E-state index is -0.0379. The van der Waals surface area contributed by atoms with Crippen molar-refractivity contribution in [2.45, 2.75) is 5.16 Å². The van der Waals surface area contributed by atoms with Crippen LogP contribution in [-0.4, -0.2) is 27.9 Å². The maximum absolute atomic E-state index is 8.43. The second-order valence-corrected chi connectivity index (χ2v) is 2.85. The van der Waals surface area contributed by atoms with Crippen LogP contribution in [0, 0.1) is 0 Å². The minimum Gasteiger partial charge on any atom is -0.462 e. The van der Waals surface area contributed by atoms with Crippen LogP contribution in [0.4, 0.5) is 0 Å². The van der Waals surface area contributed by atoms with Crippen LogP contribution in [0.1, 0.15) is 0 Å². The van der Waals surface area contributed by atoms with Gasteiger partial charge >= 0.3 is 0 Å². The van der Waals surface area contributed by atoms with Crippen molar-refractivity contribution in [2.24, 2.45) is 0 Å². The largest absolute Gasteiger partial charge is 0.462 e. The lowest BCUT2D eigenvalue weighted by atomic mass is 10.6. The Labute approximate surface area is 80.7 Å². The highest BCUT2D eigenvalue weighted by Crippen LogP contribution is 2.11. The van der Waals surface area contributed by atoms with Gasteiger partial charge in [-0.25, -0.2) is 9.97 Å². The van der Waals surface area contributed by atoms with Gasteiger partial charge in [-0.3, -0.25) is 0 Å². The van der Waals surface area contributed by atoms with Gasteiger partial charge in [-0.05, 0) is 12.3 Å². The molecule has 5 heteroatoms. The van der Waals surface area contributed by atoms with Crippen LogP contribution < -0.4 is 4.74 Å². The Morgan fingerprint density at radius 3 is 2.77 bits per heavy atom. The van der Waals surface area contributed by atoms with Crippen molar-refractivity contribution in [2.75, 3.05) is 12.9 Å². The second-order valence-electron chi connectivity index (χ2n) is 2.08. The maximum Gasteiger partial charge on any atom is 0.187 e. The molecule has 0 aliphatic rings. The highest BCUT2D eigenvalue weighted by atomic mass is 32.2. The fourth-order valence-electron chi connectivity index (χ4n) is 0.640. The van der Waals surface area contributed by atoms with Gasteiger partial charge in [0.1, 0.15) is 0 Å². The van der Waals surface area contributed by atoms with Gasteiger partial charge < -0.3 is 9.84 Å². The number of rotatable bonds is 4. The maximum atomic E-state index is 8.43. The van der Waals surface area contributed by atoms with Crippen LogP contribution in [0.5, 0.6) is 5.75 Å². The van der Waals surface area contributed by atoms with Crippen molar-refractivity contribution in [3.8, 4) is 5.75 Å². The fraction of sp³-hybridized carbons (Fsp3) is 0.250. The first-order valence-electron chi connectivity index (χ1n) is 3.65. The topological polar surface area (TPSA) is 55.2 Å². The van der Waals surface area contributed by atoms with E-state index in [4.69, 9.17) is 9.84 Å². The van der Waals surface area contributed by atoms with Gasteiger partial charge in [-0.1, -0.05) is 11.8 Å². The zero-order valence-corrected chi connectivity index (χ0v) is 7.99. The SMILES string of the molecule is CSc1ncc(OC=CCO)cn1. The Hall–Kier alpha value is -1.07. The number of aromatic nitrogens is 2. The molecule has 0 aromatic carbocycles. The van der Waals surface area contributed by atoms with E-state index in [9.17, 15) is 0 Å². The van der Waals surface area contributed by atoms with Crippen molar-refractivity contribution in [3.05, 3.63) is 24.7 Å². The highest BCUT2D eigenvalue weighted by molar-refractivity contribution is 7.98. The molecule has 0 amide bonds. The van der Waals surface area contributed by atoms with Crippen molar-refractivity contribution < 1.29 is 9.84 Å². The summed E-state index contributed by atoms with van der Waals surface area (Å²) < 4.78 is 5.07. The van der Waals surface area contributed by atoms with Crippen molar-refractivity contribution in [1.82, 2.24) is 9.97 Å². The van der Waals surface area contributed by atoms with Gasteiger partial charge in [0, 0.05) is 0 Å². The molecule has 0 unspecified atom stereocenters. The van der Waals surface area contributed by atoms with Crippen LogP contribution >= 0.6 is 11.8 Å². The molecule has 0 saturated heterocycles. The first kappa shape index (κ1) is 10.0. The molecule has 0 atom stereocenters. The summed E-state index contributed by atoms with van der Waals surface area (Å²) >= 11 is 1.47. The van der Waals surface area contributed by atoms with Crippen LogP contribution in [0.15, 0.2) is 29.9 Å². The van der Waals surface area contributed by atoms with E-state index >= 15 is 0 Å². The molecule has 1 rings (SSSR count). The van der Waals surface area contributed by atoms with Gasteiger partial charge in [0.15, 0.2) is 10.9 Å². The van der Waals surface area contributed by atoms with Gasteiger partial charge in [0.2, 0.25) is 0 Å². The smallest absolute Gasteiger partial charge is 0.187 e. The molecule has 1 heterocycles. The number of aliphatic hydroxyl groups is 1. The molecule has 1 N–H and O–H groups in total. The number of ether oxygens (including phenoxy) is 1. The van der Waals surface area contributed by atoms with Crippen LogP contribution in [0.2, 0.25) is 0 Å². The van der Waals surface area contributed by atoms with E-state index < -0.39 is 0 Å². The average Bonchev–Trinajstić information content (AvgIpc) is 2.19. The Morgan fingerprint density at radius 2 is 2.23 bits per heavy atom. The lowest BCUT2D eigenvalue weighted by Crippen LogP contribution is -1.88. The Balaban J connectivity index is 2.54. The summed E-state index contributed by atoms with van der Waals surface area (Å²) in [5.74, 6) is 0.558. The molecule has 70 valence electrons. The third-order valence-electron chi connectivity index (χ3n) is 1.19. The molecule has 0 bridgehead atoms. The Bertz CT molecular complexity index is 274. The molecule has 0 radical (unpaired) electrons. The lowest BCUT2D eigenvalue weighted by molar-refractivity contribution is 0.337. The number of aliphatic hydroxyl groups excluding tert-OH is 1. The Morgan fingerprint density at radius 1 is 1.54 bits per heavy atom. The first-order valence-corrected chi connectivity index (χ1v) is 4.88. The van der Waals surface area contributed by atoms with Crippen LogP contribution in [0.25, 0.3) is 0 Å². The zero-order valence-electron chi connectivity index (χ0n) is 7.17. The van der Waals surface area contributed by atoms with E-state index in [1.54, 1.807) is 12.4 Å². The number of hydrogen-bond acceptors (Lipinski definition) is 5. The molecular weight excluding hydrogens is 188 g/mol. The summed E-state index contributed by atoms with van der Waals surface area (Å²) in [5.41, 5.74) is 0. The van der Waals surface area contributed by atoms with E-state index in [1.807, 2.05) is 6.26 Å². The van der Waals surface area contributed by atoms with Gasteiger partial charge in [0.05, 0.1) is 25.3 Å². The molecular formula is C8H10N2O2S.